The van der Waals surface area contributed by atoms with Crippen LogP contribution < -0.4 is 5.73 Å². The minimum Gasteiger partial charge on any atom is -0.481 e. The zero-order valence-corrected chi connectivity index (χ0v) is 8.23. The molecule has 0 aliphatic rings. The van der Waals surface area contributed by atoms with E-state index in [-0.39, 0.29) is 5.92 Å². The number of rotatable bonds is 4. The molecule has 0 saturated carbocycles. The van der Waals surface area contributed by atoms with Crippen LogP contribution in [0.3, 0.4) is 0 Å². The summed E-state index contributed by atoms with van der Waals surface area (Å²) in [5.41, 5.74) is 7.27. The number of hydrogen-bond donors (Lipinski definition) is 2. The first kappa shape index (κ1) is 10.6. The van der Waals surface area contributed by atoms with Crippen LogP contribution in [0.4, 0.5) is 5.69 Å². The van der Waals surface area contributed by atoms with Gasteiger partial charge in [-0.3, -0.25) is 4.79 Å². The van der Waals surface area contributed by atoms with Crippen molar-refractivity contribution in [3.05, 3.63) is 29.8 Å². The Bertz CT molecular complexity index is 323. The molecular weight excluding hydrogens is 178 g/mol. The van der Waals surface area contributed by atoms with E-state index in [4.69, 9.17) is 10.8 Å². The van der Waals surface area contributed by atoms with Gasteiger partial charge in [0.05, 0.1) is 5.92 Å². The van der Waals surface area contributed by atoms with Crippen molar-refractivity contribution in [3.63, 3.8) is 0 Å². The van der Waals surface area contributed by atoms with Crippen molar-refractivity contribution in [1.82, 2.24) is 0 Å². The normalized spacial score (nSPS) is 12.4. The lowest BCUT2D eigenvalue weighted by molar-refractivity contribution is -0.141. The van der Waals surface area contributed by atoms with Crippen LogP contribution in [-0.2, 0) is 11.2 Å². The Morgan fingerprint density at radius 2 is 2.29 bits per heavy atom. The van der Waals surface area contributed by atoms with Crippen LogP contribution in [0.2, 0.25) is 0 Å². The molecule has 0 fully saturated rings. The molecule has 0 bridgehead atoms. The molecule has 0 aliphatic heterocycles. The van der Waals surface area contributed by atoms with Crippen molar-refractivity contribution in [2.75, 3.05) is 5.73 Å². The second-order valence-electron chi connectivity index (χ2n) is 3.39. The highest BCUT2D eigenvalue weighted by molar-refractivity contribution is 5.70. The van der Waals surface area contributed by atoms with Crippen LogP contribution in [-0.4, -0.2) is 11.1 Å². The van der Waals surface area contributed by atoms with E-state index in [1.54, 1.807) is 6.07 Å². The third kappa shape index (κ3) is 2.76. The lowest BCUT2D eigenvalue weighted by Crippen LogP contribution is -2.15. The van der Waals surface area contributed by atoms with Gasteiger partial charge in [-0.1, -0.05) is 19.1 Å². The minimum absolute atomic E-state index is 0.309. The lowest BCUT2D eigenvalue weighted by atomic mass is 9.97. The smallest absolute Gasteiger partial charge is 0.306 e. The van der Waals surface area contributed by atoms with Crippen molar-refractivity contribution in [2.24, 2.45) is 5.92 Å². The summed E-state index contributed by atoms with van der Waals surface area (Å²) in [6.07, 6.45) is 1.20. The molecule has 0 heterocycles. The fourth-order valence-corrected chi connectivity index (χ4v) is 1.41. The van der Waals surface area contributed by atoms with Gasteiger partial charge in [-0.15, -0.1) is 0 Å². The standard InChI is InChI=1S/C11H15NO2/c1-2-9(11(13)14)6-8-4-3-5-10(12)7-8/h3-5,7,9H,2,6,12H2,1H3,(H,13,14)/t9-/m1/s1. The van der Waals surface area contributed by atoms with Crippen LogP contribution >= 0.6 is 0 Å². The average molecular weight is 193 g/mol. The Balaban J connectivity index is 2.72. The van der Waals surface area contributed by atoms with Crippen LogP contribution in [0.5, 0.6) is 0 Å². The summed E-state index contributed by atoms with van der Waals surface area (Å²) in [5, 5.41) is 8.87. The SMILES string of the molecule is CC[C@H](Cc1cccc(N)c1)C(=O)O. The van der Waals surface area contributed by atoms with E-state index in [1.807, 2.05) is 25.1 Å². The molecule has 0 unspecified atom stereocenters. The zero-order valence-electron chi connectivity index (χ0n) is 8.23. The highest BCUT2D eigenvalue weighted by Gasteiger charge is 2.15. The van der Waals surface area contributed by atoms with Crippen molar-refractivity contribution in [1.29, 1.82) is 0 Å². The number of carbonyl (C=O) groups is 1. The topological polar surface area (TPSA) is 63.3 Å². The fourth-order valence-electron chi connectivity index (χ4n) is 1.41. The number of carboxylic acids is 1. The molecule has 1 rings (SSSR count). The van der Waals surface area contributed by atoms with Crippen molar-refractivity contribution >= 4 is 11.7 Å². The number of aliphatic carboxylic acids is 1. The Morgan fingerprint density at radius 1 is 1.57 bits per heavy atom. The van der Waals surface area contributed by atoms with Crippen LogP contribution in [0.15, 0.2) is 24.3 Å². The maximum absolute atomic E-state index is 10.8. The first-order valence-corrected chi connectivity index (χ1v) is 4.70. The molecule has 76 valence electrons. The molecule has 1 aromatic carbocycles. The monoisotopic (exact) mass is 193 g/mol. The predicted molar refractivity (Wildman–Crippen MR) is 56.0 cm³/mol. The summed E-state index contributed by atoms with van der Waals surface area (Å²) in [4.78, 5) is 10.8. The third-order valence-corrected chi connectivity index (χ3v) is 2.28. The Morgan fingerprint density at radius 3 is 2.79 bits per heavy atom. The summed E-state index contributed by atoms with van der Waals surface area (Å²) < 4.78 is 0. The van der Waals surface area contributed by atoms with Gasteiger partial charge in [0.2, 0.25) is 0 Å². The maximum atomic E-state index is 10.8. The van der Waals surface area contributed by atoms with E-state index in [9.17, 15) is 4.79 Å². The van der Waals surface area contributed by atoms with E-state index < -0.39 is 5.97 Å². The molecule has 0 radical (unpaired) electrons. The Kier molecular flexibility index (Phi) is 3.51. The lowest BCUT2D eigenvalue weighted by Gasteiger charge is -2.09. The van der Waals surface area contributed by atoms with Crippen molar-refractivity contribution in [2.45, 2.75) is 19.8 Å². The molecule has 0 aliphatic carbocycles. The minimum atomic E-state index is -0.741. The molecule has 0 spiro atoms. The number of anilines is 1. The van der Waals surface area contributed by atoms with Crippen molar-refractivity contribution < 1.29 is 9.90 Å². The Labute approximate surface area is 83.6 Å². The molecule has 0 saturated heterocycles. The van der Waals surface area contributed by atoms with Crippen LogP contribution in [0.1, 0.15) is 18.9 Å². The van der Waals surface area contributed by atoms with Gasteiger partial charge in [0, 0.05) is 5.69 Å². The predicted octanol–water partition coefficient (Wildman–Crippen LogP) is 1.92. The molecule has 3 heteroatoms. The van der Waals surface area contributed by atoms with E-state index in [0.717, 1.165) is 5.56 Å². The summed E-state index contributed by atoms with van der Waals surface area (Å²) in [7, 11) is 0. The number of nitrogens with two attached hydrogens (primary N) is 1. The van der Waals surface area contributed by atoms with Gasteiger partial charge in [0.15, 0.2) is 0 Å². The molecule has 0 amide bonds. The maximum Gasteiger partial charge on any atom is 0.306 e. The summed E-state index contributed by atoms with van der Waals surface area (Å²) in [6.45, 7) is 1.88. The van der Waals surface area contributed by atoms with Gasteiger partial charge in [-0.2, -0.15) is 0 Å². The second kappa shape index (κ2) is 4.65. The highest BCUT2D eigenvalue weighted by atomic mass is 16.4. The highest BCUT2D eigenvalue weighted by Crippen LogP contribution is 2.14. The molecule has 14 heavy (non-hydrogen) atoms. The van der Waals surface area contributed by atoms with E-state index in [1.165, 1.54) is 0 Å². The van der Waals surface area contributed by atoms with Gasteiger partial charge in [-0.25, -0.2) is 0 Å². The first-order chi connectivity index (χ1) is 6.63. The first-order valence-electron chi connectivity index (χ1n) is 4.70. The Hall–Kier alpha value is -1.51. The zero-order chi connectivity index (χ0) is 10.6. The van der Waals surface area contributed by atoms with Gasteiger partial charge >= 0.3 is 5.97 Å². The van der Waals surface area contributed by atoms with E-state index in [0.29, 0.717) is 18.5 Å². The molecule has 0 aromatic heterocycles. The van der Waals surface area contributed by atoms with E-state index >= 15 is 0 Å². The molecule has 1 atom stereocenters. The van der Waals surface area contributed by atoms with Crippen molar-refractivity contribution in [3.8, 4) is 0 Å². The molecular formula is C11H15NO2. The van der Waals surface area contributed by atoms with Gasteiger partial charge in [0.1, 0.15) is 0 Å². The van der Waals surface area contributed by atoms with Crippen LogP contribution in [0.25, 0.3) is 0 Å². The van der Waals surface area contributed by atoms with Gasteiger partial charge < -0.3 is 10.8 Å². The summed E-state index contributed by atoms with van der Waals surface area (Å²) in [5.74, 6) is -1.05. The molecule has 3 N–H and O–H groups in total. The number of carboxylic acid groups (broad SMARTS) is 1. The fraction of sp³-hybridized carbons (Fsp3) is 0.364. The number of benzene rings is 1. The number of hydrogen-bond acceptors (Lipinski definition) is 2. The second-order valence-corrected chi connectivity index (χ2v) is 3.39. The summed E-state index contributed by atoms with van der Waals surface area (Å²) >= 11 is 0. The third-order valence-electron chi connectivity index (χ3n) is 2.28. The van der Waals surface area contributed by atoms with Gasteiger partial charge in [-0.05, 0) is 30.5 Å². The largest absolute Gasteiger partial charge is 0.481 e. The van der Waals surface area contributed by atoms with E-state index in [2.05, 4.69) is 0 Å². The summed E-state index contributed by atoms with van der Waals surface area (Å²) in [6, 6.07) is 7.37. The molecule has 1 aromatic rings. The van der Waals surface area contributed by atoms with Crippen LogP contribution in [0, 0.1) is 5.92 Å². The van der Waals surface area contributed by atoms with Gasteiger partial charge in [0.25, 0.3) is 0 Å². The number of nitrogen functional groups attached to an aromatic ring is 1. The average Bonchev–Trinajstić information content (AvgIpc) is 2.14. The molecule has 3 nitrogen and oxygen atoms in total. The quantitative estimate of drug-likeness (QED) is 0.718.